The zero-order valence-electron chi connectivity index (χ0n) is 17.3. The van der Waals surface area contributed by atoms with Crippen molar-refractivity contribution in [2.75, 3.05) is 43.5 Å². The van der Waals surface area contributed by atoms with Crippen molar-refractivity contribution in [3.8, 4) is 5.75 Å². The molecule has 2 heterocycles. The van der Waals surface area contributed by atoms with E-state index in [1.165, 1.54) is 5.56 Å². The number of benzene rings is 2. The lowest BCUT2D eigenvalue weighted by Crippen LogP contribution is -2.46. The van der Waals surface area contributed by atoms with E-state index in [9.17, 15) is 4.79 Å². The lowest BCUT2D eigenvalue weighted by atomic mass is 10.2. The third-order valence-electron chi connectivity index (χ3n) is 5.28. The van der Waals surface area contributed by atoms with Crippen LogP contribution in [0.25, 0.3) is 0 Å². The minimum Gasteiger partial charge on any atom is -0.497 e. The molecule has 1 saturated heterocycles. The van der Waals surface area contributed by atoms with Gasteiger partial charge in [0.1, 0.15) is 5.75 Å². The summed E-state index contributed by atoms with van der Waals surface area (Å²) in [6, 6.07) is 19.1. The van der Waals surface area contributed by atoms with Gasteiger partial charge >= 0.3 is 0 Å². The van der Waals surface area contributed by atoms with Crippen molar-refractivity contribution >= 4 is 33.3 Å². The average Bonchev–Trinajstić information content (AvgIpc) is 2.82. The monoisotopic (exact) mass is 481 g/mol. The number of nitrogens with zero attached hydrogens (tertiary/aromatic N) is 4. The van der Waals surface area contributed by atoms with Gasteiger partial charge in [0.15, 0.2) is 11.5 Å². The Hall–Kier alpha value is -2.97. The standard InChI is InChI=1S/C23H24BrN5O2/c1-31-19-8-6-18(7-9-19)25-23(30)21-10-11-22(27-26-21)29-14-12-28(13-15-29)16-17-4-2-3-5-20(17)24/h2-11H,12-16H2,1H3,(H,25,30). The molecule has 0 atom stereocenters. The third-order valence-corrected chi connectivity index (χ3v) is 6.05. The number of carbonyl (C=O) groups is 1. The molecule has 1 N–H and O–H groups in total. The molecular weight excluding hydrogens is 458 g/mol. The highest BCUT2D eigenvalue weighted by atomic mass is 79.9. The van der Waals surface area contributed by atoms with Crippen molar-refractivity contribution in [3.05, 3.63) is 76.4 Å². The highest BCUT2D eigenvalue weighted by molar-refractivity contribution is 9.10. The maximum Gasteiger partial charge on any atom is 0.276 e. The summed E-state index contributed by atoms with van der Waals surface area (Å²) in [4.78, 5) is 17.1. The molecule has 0 saturated carbocycles. The first-order chi connectivity index (χ1) is 15.1. The van der Waals surface area contributed by atoms with E-state index >= 15 is 0 Å². The maximum absolute atomic E-state index is 12.4. The second-order valence-electron chi connectivity index (χ2n) is 7.31. The van der Waals surface area contributed by atoms with E-state index in [-0.39, 0.29) is 11.6 Å². The number of methoxy groups -OCH3 is 1. The number of aromatic nitrogens is 2. The van der Waals surface area contributed by atoms with E-state index in [0.29, 0.717) is 5.69 Å². The van der Waals surface area contributed by atoms with Crippen molar-refractivity contribution in [3.63, 3.8) is 0 Å². The van der Waals surface area contributed by atoms with E-state index in [0.717, 1.165) is 48.8 Å². The van der Waals surface area contributed by atoms with E-state index < -0.39 is 0 Å². The zero-order valence-corrected chi connectivity index (χ0v) is 18.9. The average molecular weight is 482 g/mol. The lowest BCUT2D eigenvalue weighted by Gasteiger charge is -2.35. The Labute approximate surface area is 190 Å². The molecule has 160 valence electrons. The van der Waals surface area contributed by atoms with Crippen LogP contribution in [0.1, 0.15) is 16.1 Å². The van der Waals surface area contributed by atoms with Gasteiger partial charge in [-0.05, 0) is 48.0 Å². The number of ether oxygens (including phenoxy) is 1. The Balaban J connectivity index is 1.31. The number of carbonyl (C=O) groups excluding carboxylic acids is 1. The van der Waals surface area contributed by atoms with Crippen LogP contribution in [-0.4, -0.2) is 54.3 Å². The molecule has 31 heavy (non-hydrogen) atoms. The first-order valence-corrected chi connectivity index (χ1v) is 10.9. The molecule has 2 aromatic carbocycles. The topological polar surface area (TPSA) is 70.6 Å². The van der Waals surface area contributed by atoms with Crippen molar-refractivity contribution < 1.29 is 9.53 Å². The van der Waals surface area contributed by atoms with Crippen LogP contribution in [0.2, 0.25) is 0 Å². The fourth-order valence-electron chi connectivity index (χ4n) is 3.49. The molecule has 0 bridgehead atoms. The zero-order chi connectivity index (χ0) is 21.6. The molecule has 0 spiro atoms. The minimum absolute atomic E-state index is 0.284. The van der Waals surface area contributed by atoms with Gasteiger partial charge in [-0.2, -0.15) is 0 Å². The number of halogens is 1. The van der Waals surface area contributed by atoms with Crippen LogP contribution in [0.3, 0.4) is 0 Å². The molecule has 1 fully saturated rings. The summed E-state index contributed by atoms with van der Waals surface area (Å²) in [5.74, 6) is 1.24. The number of anilines is 2. The summed E-state index contributed by atoms with van der Waals surface area (Å²) in [7, 11) is 1.60. The van der Waals surface area contributed by atoms with Crippen LogP contribution >= 0.6 is 15.9 Å². The van der Waals surface area contributed by atoms with E-state index in [1.54, 1.807) is 37.4 Å². The van der Waals surface area contributed by atoms with Gasteiger partial charge in [-0.1, -0.05) is 34.1 Å². The van der Waals surface area contributed by atoms with Gasteiger partial charge in [0.2, 0.25) is 0 Å². The highest BCUT2D eigenvalue weighted by Crippen LogP contribution is 2.20. The normalized spacial score (nSPS) is 14.3. The SMILES string of the molecule is COc1ccc(NC(=O)c2ccc(N3CCN(Cc4ccccc4Br)CC3)nn2)cc1. The van der Waals surface area contributed by atoms with Crippen LogP contribution < -0.4 is 15.0 Å². The quantitative estimate of drug-likeness (QED) is 0.576. The lowest BCUT2D eigenvalue weighted by molar-refractivity contribution is 0.102. The molecule has 7 nitrogen and oxygen atoms in total. The van der Waals surface area contributed by atoms with Gasteiger partial charge in [0, 0.05) is 42.9 Å². The molecular formula is C23H24BrN5O2. The highest BCUT2D eigenvalue weighted by Gasteiger charge is 2.19. The summed E-state index contributed by atoms with van der Waals surface area (Å²) in [6.45, 7) is 4.56. The van der Waals surface area contributed by atoms with Crippen LogP contribution in [0, 0.1) is 0 Å². The number of hydrogen-bond donors (Lipinski definition) is 1. The smallest absolute Gasteiger partial charge is 0.276 e. The molecule has 1 aromatic heterocycles. The molecule has 0 radical (unpaired) electrons. The molecule has 1 aliphatic rings. The van der Waals surface area contributed by atoms with Gasteiger partial charge in [0.25, 0.3) is 5.91 Å². The Kier molecular flexibility index (Phi) is 6.79. The van der Waals surface area contributed by atoms with Crippen molar-refractivity contribution in [2.24, 2.45) is 0 Å². The fraction of sp³-hybridized carbons (Fsp3) is 0.261. The molecule has 1 amide bonds. The Morgan fingerprint density at radius 2 is 1.74 bits per heavy atom. The summed E-state index contributed by atoms with van der Waals surface area (Å²) in [5, 5.41) is 11.2. The summed E-state index contributed by atoms with van der Waals surface area (Å²) in [6.07, 6.45) is 0. The van der Waals surface area contributed by atoms with Gasteiger partial charge < -0.3 is 15.0 Å². The predicted molar refractivity (Wildman–Crippen MR) is 125 cm³/mol. The number of rotatable bonds is 6. The first kappa shape index (κ1) is 21.3. The third kappa shape index (κ3) is 5.39. The fourth-order valence-corrected chi connectivity index (χ4v) is 3.90. The molecule has 1 aliphatic heterocycles. The second-order valence-corrected chi connectivity index (χ2v) is 8.17. The first-order valence-electron chi connectivity index (χ1n) is 10.1. The molecule has 4 rings (SSSR count). The summed E-state index contributed by atoms with van der Waals surface area (Å²) in [5.41, 5.74) is 2.26. The summed E-state index contributed by atoms with van der Waals surface area (Å²) < 4.78 is 6.27. The van der Waals surface area contributed by atoms with Crippen molar-refractivity contribution in [2.45, 2.75) is 6.54 Å². The van der Waals surface area contributed by atoms with E-state index in [1.807, 2.05) is 12.1 Å². The second kappa shape index (κ2) is 9.89. The van der Waals surface area contributed by atoms with Gasteiger partial charge in [-0.3, -0.25) is 9.69 Å². The Bertz CT molecular complexity index is 1020. The van der Waals surface area contributed by atoms with Gasteiger partial charge in [-0.15, -0.1) is 10.2 Å². The van der Waals surface area contributed by atoms with Crippen LogP contribution in [0.15, 0.2) is 65.1 Å². The van der Waals surface area contributed by atoms with Gasteiger partial charge in [0.05, 0.1) is 7.11 Å². The molecule has 0 unspecified atom stereocenters. The van der Waals surface area contributed by atoms with Crippen LogP contribution in [0.5, 0.6) is 5.75 Å². The van der Waals surface area contributed by atoms with Gasteiger partial charge in [-0.25, -0.2) is 0 Å². The number of nitrogens with one attached hydrogen (secondary N) is 1. The number of amides is 1. The molecule has 3 aromatic rings. The summed E-state index contributed by atoms with van der Waals surface area (Å²) >= 11 is 3.62. The molecule has 8 heteroatoms. The number of hydrogen-bond acceptors (Lipinski definition) is 6. The number of piperazine rings is 1. The molecule has 0 aliphatic carbocycles. The van der Waals surface area contributed by atoms with E-state index in [2.05, 4.69) is 59.4 Å². The Morgan fingerprint density at radius 3 is 2.39 bits per heavy atom. The maximum atomic E-state index is 12.4. The van der Waals surface area contributed by atoms with E-state index in [4.69, 9.17) is 4.74 Å². The van der Waals surface area contributed by atoms with Crippen LogP contribution in [0.4, 0.5) is 11.5 Å². The van der Waals surface area contributed by atoms with Crippen molar-refractivity contribution in [1.29, 1.82) is 0 Å². The largest absolute Gasteiger partial charge is 0.497 e. The Morgan fingerprint density at radius 1 is 1.00 bits per heavy atom. The predicted octanol–water partition coefficient (Wildman–Crippen LogP) is 3.82. The van der Waals surface area contributed by atoms with Crippen LogP contribution in [-0.2, 0) is 6.54 Å². The minimum atomic E-state index is -0.289. The van der Waals surface area contributed by atoms with Crippen molar-refractivity contribution in [1.82, 2.24) is 15.1 Å².